The summed E-state index contributed by atoms with van der Waals surface area (Å²) < 4.78 is 36.4. The molecule has 0 saturated carbocycles. The molecule has 0 fully saturated rings. The van der Waals surface area contributed by atoms with Gasteiger partial charge in [-0.15, -0.1) is 0 Å². The van der Waals surface area contributed by atoms with E-state index in [9.17, 15) is 9.18 Å². The molecule has 3 N–H and O–H groups in total. The average molecular weight is 454 g/mol. The Morgan fingerprint density at radius 1 is 0.970 bits per heavy atom. The molecule has 0 heterocycles. The van der Waals surface area contributed by atoms with Crippen molar-refractivity contribution in [1.29, 1.82) is 0 Å². The third kappa shape index (κ3) is 5.18. The summed E-state index contributed by atoms with van der Waals surface area (Å²) in [5.74, 6) is 0.457. The molecule has 0 aliphatic carbocycles. The molecule has 0 unspecified atom stereocenters. The molecule has 8 heteroatoms. The number of nitrogens with one attached hydrogen (secondary N) is 1. The van der Waals surface area contributed by atoms with Gasteiger partial charge in [0.25, 0.3) is 5.91 Å². The van der Waals surface area contributed by atoms with Crippen molar-refractivity contribution >= 4 is 11.6 Å². The average Bonchev–Trinajstić information content (AvgIpc) is 2.82. The van der Waals surface area contributed by atoms with Crippen LogP contribution in [0.1, 0.15) is 21.5 Å². The maximum atomic E-state index is 13.9. The van der Waals surface area contributed by atoms with Crippen LogP contribution in [0.5, 0.6) is 28.7 Å². The number of ether oxygens (including phenoxy) is 4. The van der Waals surface area contributed by atoms with Crippen molar-refractivity contribution in [3.05, 3.63) is 71.0 Å². The summed E-state index contributed by atoms with van der Waals surface area (Å²) in [5.41, 5.74) is 7.48. The number of rotatable bonds is 9. The molecule has 3 rings (SSSR count). The molecule has 174 valence electrons. The number of nitrogens with two attached hydrogens (primary N) is 1. The fourth-order valence-electron chi connectivity index (χ4n) is 3.38. The predicted molar refractivity (Wildman–Crippen MR) is 124 cm³/mol. The first kappa shape index (κ1) is 23.9. The predicted octanol–water partition coefficient (Wildman–Crippen LogP) is 4.71. The van der Waals surface area contributed by atoms with Crippen LogP contribution < -0.4 is 30.0 Å². The fourth-order valence-corrected chi connectivity index (χ4v) is 3.38. The SMILES string of the molecule is COc1c(Oc2ccc(CCN)cc2)cc(C(=O)Nc2cccc(F)c2C)c(OC)c1OC. The van der Waals surface area contributed by atoms with Crippen LogP contribution in [0, 0.1) is 12.7 Å². The minimum atomic E-state index is -0.523. The van der Waals surface area contributed by atoms with Gasteiger partial charge < -0.3 is 30.0 Å². The largest absolute Gasteiger partial charge is 0.492 e. The molecule has 0 bridgehead atoms. The normalized spacial score (nSPS) is 10.5. The summed E-state index contributed by atoms with van der Waals surface area (Å²) in [5, 5.41) is 2.72. The Balaban J connectivity index is 2.04. The number of methoxy groups -OCH3 is 3. The van der Waals surface area contributed by atoms with Crippen LogP contribution in [0.4, 0.5) is 10.1 Å². The number of benzene rings is 3. The minimum Gasteiger partial charge on any atom is -0.492 e. The first-order valence-electron chi connectivity index (χ1n) is 10.3. The molecule has 0 radical (unpaired) electrons. The lowest BCUT2D eigenvalue weighted by atomic mass is 10.1. The minimum absolute atomic E-state index is 0.133. The zero-order valence-corrected chi connectivity index (χ0v) is 19.0. The Hall–Kier alpha value is -3.78. The lowest BCUT2D eigenvalue weighted by Gasteiger charge is -2.19. The van der Waals surface area contributed by atoms with Crippen LogP contribution in [0.2, 0.25) is 0 Å². The Morgan fingerprint density at radius 2 is 1.64 bits per heavy atom. The van der Waals surface area contributed by atoms with Crippen molar-refractivity contribution in [3.63, 3.8) is 0 Å². The quantitative estimate of drug-likeness (QED) is 0.487. The second kappa shape index (κ2) is 10.7. The molecule has 1 amide bonds. The summed E-state index contributed by atoms with van der Waals surface area (Å²) >= 11 is 0. The second-order valence-electron chi connectivity index (χ2n) is 7.17. The van der Waals surface area contributed by atoms with Crippen LogP contribution in [0.25, 0.3) is 0 Å². The summed E-state index contributed by atoms with van der Waals surface area (Å²) in [6, 6.07) is 13.4. The van der Waals surface area contributed by atoms with Gasteiger partial charge in [0.2, 0.25) is 11.5 Å². The fraction of sp³-hybridized carbons (Fsp3) is 0.240. The number of anilines is 1. The number of hydrogen-bond acceptors (Lipinski definition) is 6. The van der Waals surface area contributed by atoms with Gasteiger partial charge in [0, 0.05) is 17.3 Å². The van der Waals surface area contributed by atoms with Gasteiger partial charge in [-0.3, -0.25) is 4.79 Å². The molecule has 3 aromatic carbocycles. The number of halogens is 1. The summed E-state index contributed by atoms with van der Waals surface area (Å²) in [6.45, 7) is 2.13. The maximum Gasteiger partial charge on any atom is 0.259 e. The molecule has 3 aromatic rings. The third-order valence-corrected chi connectivity index (χ3v) is 5.11. The van der Waals surface area contributed by atoms with E-state index in [1.165, 1.54) is 39.5 Å². The van der Waals surface area contributed by atoms with Crippen LogP contribution in [-0.4, -0.2) is 33.8 Å². The van der Waals surface area contributed by atoms with Gasteiger partial charge in [0.15, 0.2) is 11.5 Å². The first-order valence-corrected chi connectivity index (χ1v) is 10.3. The summed E-state index contributed by atoms with van der Waals surface area (Å²) in [7, 11) is 4.31. The number of hydrogen-bond donors (Lipinski definition) is 2. The lowest BCUT2D eigenvalue weighted by Crippen LogP contribution is -2.15. The van der Waals surface area contributed by atoms with Gasteiger partial charge in [0.05, 0.1) is 26.9 Å². The smallest absolute Gasteiger partial charge is 0.259 e. The van der Waals surface area contributed by atoms with Gasteiger partial charge in [-0.05, 0) is 49.7 Å². The Labute approximate surface area is 192 Å². The Bertz CT molecular complexity index is 1130. The van der Waals surface area contributed by atoms with Gasteiger partial charge in [0.1, 0.15) is 11.6 Å². The van der Waals surface area contributed by atoms with E-state index in [1.54, 1.807) is 25.1 Å². The Morgan fingerprint density at radius 3 is 2.24 bits per heavy atom. The molecule has 0 saturated heterocycles. The lowest BCUT2D eigenvalue weighted by molar-refractivity contribution is 0.102. The highest BCUT2D eigenvalue weighted by atomic mass is 19.1. The maximum absolute atomic E-state index is 13.9. The van der Waals surface area contributed by atoms with Gasteiger partial charge in [-0.1, -0.05) is 18.2 Å². The van der Waals surface area contributed by atoms with Crippen molar-refractivity contribution in [3.8, 4) is 28.7 Å². The molecule has 0 aliphatic rings. The van der Waals surface area contributed by atoms with E-state index in [0.717, 1.165) is 12.0 Å². The third-order valence-electron chi connectivity index (χ3n) is 5.11. The standard InChI is InChI=1S/C25H27FN2O5/c1-15-19(26)6-5-7-20(15)28-25(29)18-14-21(23(31-3)24(32-4)22(18)30-2)33-17-10-8-16(9-11-17)12-13-27/h5-11,14H,12-13,27H2,1-4H3,(H,28,29). The highest BCUT2D eigenvalue weighted by Gasteiger charge is 2.26. The van der Waals surface area contributed by atoms with Gasteiger partial charge in [-0.2, -0.15) is 0 Å². The Kier molecular flexibility index (Phi) is 7.74. The molecule has 0 spiro atoms. The van der Waals surface area contributed by atoms with Crippen LogP contribution >= 0.6 is 0 Å². The van der Waals surface area contributed by atoms with Gasteiger partial charge >= 0.3 is 0 Å². The van der Waals surface area contributed by atoms with E-state index in [-0.39, 0.29) is 28.6 Å². The van der Waals surface area contributed by atoms with Crippen LogP contribution in [-0.2, 0) is 6.42 Å². The van der Waals surface area contributed by atoms with E-state index < -0.39 is 11.7 Å². The van der Waals surface area contributed by atoms with E-state index in [2.05, 4.69) is 5.32 Å². The molecule has 0 aromatic heterocycles. The van der Waals surface area contributed by atoms with Crippen molar-refractivity contribution in [2.75, 3.05) is 33.2 Å². The summed E-state index contributed by atoms with van der Waals surface area (Å²) in [4.78, 5) is 13.2. The van der Waals surface area contributed by atoms with E-state index in [4.69, 9.17) is 24.7 Å². The van der Waals surface area contributed by atoms with E-state index >= 15 is 0 Å². The zero-order chi connectivity index (χ0) is 24.0. The summed E-state index contributed by atoms with van der Waals surface area (Å²) in [6.07, 6.45) is 0.754. The van der Waals surface area contributed by atoms with E-state index in [1.807, 2.05) is 12.1 Å². The second-order valence-corrected chi connectivity index (χ2v) is 7.17. The van der Waals surface area contributed by atoms with Crippen molar-refractivity contribution in [2.45, 2.75) is 13.3 Å². The van der Waals surface area contributed by atoms with Crippen molar-refractivity contribution < 1.29 is 28.1 Å². The monoisotopic (exact) mass is 454 g/mol. The van der Waals surface area contributed by atoms with Crippen LogP contribution in [0.15, 0.2) is 48.5 Å². The van der Waals surface area contributed by atoms with Crippen molar-refractivity contribution in [1.82, 2.24) is 0 Å². The van der Waals surface area contributed by atoms with Crippen molar-refractivity contribution in [2.24, 2.45) is 5.73 Å². The number of carbonyl (C=O) groups excluding carboxylic acids is 1. The highest BCUT2D eigenvalue weighted by molar-refractivity contribution is 6.07. The topological polar surface area (TPSA) is 92.0 Å². The molecule has 7 nitrogen and oxygen atoms in total. The molecular formula is C25H27FN2O5. The molecular weight excluding hydrogens is 427 g/mol. The van der Waals surface area contributed by atoms with E-state index in [0.29, 0.717) is 23.5 Å². The molecule has 0 atom stereocenters. The zero-order valence-electron chi connectivity index (χ0n) is 19.0. The number of carbonyl (C=O) groups is 1. The molecule has 0 aliphatic heterocycles. The first-order chi connectivity index (χ1) is 15.9. The number of amides is 1. The van der Waals surface area contributed by atoms with Gasteiger partial charge in [-0.25, -0.2) is 4.39 Å². The molecule has 33 heavy (non-hydrogen) atoms. The highest BCUT2D eigenvalue weighted by Crippen LogP contribution is 2.48. The van der Waals surface area contributed by atoms with Crippen LogP contribution in [0.3, 0.4) is 0 Å².